The number of hydrogen-bond donors (Lipinski definition) is 1. The maximum absolute atomic E-state index is 15.2. The Kier molecular flexibility index (Phi) is 10.1. The van der Waals surface area contributed by atoms with Gasteiger partial charge in [-0.3, -0.25) is 14.4 Å². The second kappa shape index (κ2) is 13.0. The van der Waals surface area contributed by atoms with Gasteiger partial charge in [0.05, 0.1) is 30.1 Å². The Balaban J connectivity index is 1.87. The van der Waals surface area contributed by atoms with Gasteiger partial charge in [0.2, 0.25) is 17.7 Å². The zero-order chi connectivity index (χ0) is 33.4. The largest absolute Gasteiger partial charge is 0.394 e. The average Bonchev–Trinajstić information content (AvgIpc) is 3.53. The SMILES string of the molecule is C=CCN(CCC)C(=O)[C@@H]1[C@H]2C(=O)N([C@@H](CO)Cc3ccccc3)C(C(=O)N(CC=C)C(C)(C)CC(C)(C)C)C23CC[C@@]1(C)O3. The molecule has 1 aromatic carbocycles. The number of carbonyl (C=O) groups excluding carboxylic acids is 3. The third-order valence-electron chi connectivity index (χ3n) is 10.1. The maximum Gasteiger partial charge on any atom is 0.249 e. The van der Waals surface area contributed by atoms with Gasteiger partial charge in [0.1, 0.15) is 11.6 Å². The summed E-state index contributed by atoms with van der Waals surface area (Å²) in [5.41, 5.74) is -1.76. The smallest absolute Gasteiger partial charge is 0.249 e. The number of benzene rings is 1. The number of carbonyl (C=O) groups is 3. The minimum Gasteiger partial charge on any atom is -0.394 e. The van der Waals surface area contributed by atoms with Crippen LogP contribution < -0.4 is 0 Å². The van der Waals surface area contributed by atoms with E-state index in [0.29, 0.717) is 38.9 Å². The van der Waals surface area contributed by atoms with E-state index in [1.807, 2.05) is 49.1 Å². The lowest BCUT2D eigenvalue weighted by Crippen LogP contribution is -2.62. The number of ether oxygens (including phenoxy) is 1. The maximum atomic E-state index is 15.2. The molecule has 248 valence electrons. The first-order chi connectivity index (χ1) is 21.1. The number of likely N-dealkylation sites (tertiary alicyclic amines) is 1. The lowest BCUT2D eigenvalue weighted by atomic mass is 9.66. The molecule has 0 aromatic heterocycles. The molecule has 0 radical (unpaired) electrons. The normalized spacial score (nSPS) is 28.1. The molecule has 3 aliphatic rings. The Bertz CT molecular complexity index is 1270. The third-order valence-corrected chi connectivity index (χ3v) is 10.1. The van der Waals surface area contributed by atoms with E-state index in [-0.39, 0.29) is 29.7 Å². The molecule has 1 spiro atoms. The predicted molar refractivity (Wildman–Crippen MR) is 177 cm³/mol. The number of rotatable bonds is 14. The molecular formula is C37H55N3O5. The first kappa shape index (κ1) is 34.9. The lowest BCUT2D eigenvalue weighted by Gasteiger charge is -2.46. The summed E-state index contributed by atoms with van der Waals surface area (Å²) in [7, 11) is 0. The second-order valence-electron chi connectivity index (χ2n) is 15.4. The van der Waals surface area contributed by atoms with Crippen LogP contribution in [0.25, 0.3) is 0 Å². The van der Waals surface area contributed by atoms with Gasteiger partial charge in [-0.05, 0) is 63.9 Å². The molecule has 0 saturated carbocycles. The Labute approximate surface area is 270 Å². The van der Waals surface area contributed by atoms with Crippen molar-refractivity contribution < 1.29 is 24.2 Å². The fraction of sp³-hybridized carbons (Fsp3) is 0.649. The van der Waals surface area contributed by atoms with E-state index in [9.17, 15) is 14.7 Å². The Morgan fingerprint density at radius 2 is 1.73 bits per heavy atom. The monoisotopic (exact) mass is 621 g/mol. The molecule has 3 amide bonds. The highest BCUT2D eigenvalue weighted by Gasteiger charge is 2.79. The third kappa shape index (κ3) is 6.37. The van der Waals surface area contributed by atoms with Gasteiger partial charge in [0.25, 0.3) is 0 Å². The summed E-state index contributed by atoms with van der Waals surface area (Å²) >= 11 is 0. The van der Waals surface area contributed by atoms with Crippen molar-refractivity contribution in [1.29, 1.82) is 0 Å². The van der Waals surface area contributed by atoms with E-state index in [1.165, 1.54) is 0 Å². The number of nitrogens with zero attached hydrogens (tertiary/aromatic N) is 3. The molecule has 4 rings (SSSR count). The van der Waals surface area contributed by atoms with E-state index >= 15 is 4.79 Å². The molecule has 45 heavy (non-hydrogen) atoms. The summed E-state index contributed by atoms with van der Waals surface area (Å²) < 4.78 is 6.94. The Hall–Kier alpha value is -2.97. The van der Waals surface area contributed by atoms with Crippen LogP contribution in [0.15, 0.2) is 55.6 Å². The van der Waals surface area contributed by atoms with Crippen molar-refractivity contribution in [3.8, 4) is 0 Å². The number of fused-ring (bicyclic) bond motifs is 1. The van der Waals surface area contributed by atoms with Crippen molar-refractivity contribution in [2.24, 2.45) is 17.3 Å². The first-order valence-electron chi connectivity index (χ1n) is 16.6. The molecule has 8 heteroatoms. The predicted octanol–water partition coefficient (Wildman–Crippen LogP) is 5.01. The fourth-order valence-electron chi connectivity index (χ4n) is 8.77. The van der Waals surface area contributed by atoms with E-state index in [2.05, 4.69) is 47.8 Å². The molecule has 6 atom stereocenters. The number of hydrogen-bond acceptors (Lipinski definition) is 5. The van der Waals surface area contributed by atoms with Gasteiger partial charge in [0, 0.05) is 25.2 Å². The van der Waals surface area contributed by atoms with Crippen molar-refractivity contribution in [1.82, 2.24) is 14.7 Å². The molecular weight excluding hydrogens is 566 g/mol. The number of amides is 3. The van der Waals surface area contributed by atoms with Crippen molar-refractivity contribution in [2.45, 2.75) is 109 Å². The van der Waals surface area contributed by atoms with Gasteiger partial charge < -0.3 is 24.5 Å². The molecule has 1 N–H and O–H groups in total. The minimum absolute atomic E-state index is 0.0721. The van der Waals surface area contributed by atoms with Crippen LogP contribution in [-0.4, -0.2) is 92.6 Å². The summed E-state index contributed by atoms with van der Waals surface area (Å²) in [6.45, 7) is 23.2. The first-order valence-corrected chi connectivity index (χ1v) is 16.6. The van der Waals surface area contributed by atoms with Gasteiger partial charge in [0.15, 0.2) is 0 Å². The minimum atomic E-state index is -1.18. The molecule has 3 aliphatic heterocycles. The van der Waals surface area contributed by atoms with Gasteiger partial charge in [-0.2, -0.15) is 0 Å². The van der Waals surface area contributed by atoms with Crippen LogP contribution in [0.3, 0.4) is 0 Å². The van der Waals surface area contributed by atoms with E-state index < -0.39 is 40.7 Å². The number of aliphatic hydroxyl groups is 1. The van der Waals surface area contributed by atoms with Crippen LogP contribution in [0.4, 0.5) is 0 Å². The zero-order valence-electron chi connectivity index (χ0n) is 28.6. The lowest BCUT2D eigenvalue weighted by molar-refractivity contribution is -0.159. The molecule has 1 aromatic rings. The average molecular weight is 622 g/mol. The highest BCUT2D eigenvalue weighted by atomic mass is 16.5. The second-order valence-corrected chi connectivity index (χ2v) is 15.4. The highest BCUT2D eigenvalue weighted by Crippen LogP contribution is 2.64. The molecule has 3 fully saturated rings. The molecule has 2 bridgehead atoms. The summed E-state index contributed by atoms with van der Waals surface area (Å²) in [6, 6.07) is 8.03. The van der Waals surface area contributed by atoms with Crippen molar-refractivity contribution in [3.05, 3.63) is 61.2 Å². The zero-order valence-corrected chi connectivity index (χ0v) is 28.6. The van der Waals surface area contributed by atoms with Gasteiger partial charge in [-0.15, -0.1) is 13.2 Å². The summed E-state index contributed by atoms with van der Waals surface area (Å²) in [4.78, 5) is 49.6. The van der Waals surface area contributed by atoms with E-state index in [0.717, 1.165) is 18.4 Å². The fourth-order valence-corrected chi connectivity index (χ4v) is 8.77. The van der Waals surface area contributed by atoms with Crippen LogP contribution in [-0.2, 0) is 25.5 Å². The van der Waals surface area contributed by atoms with Crippen LogP contribution >= 0.6 is 0 Å². The van der Waals surface area contributed by atoms with Crippen LogP contribution in [0, 0.1) is 17.3 Å². The topological polar surface area (TPSA) is 90.4 Å². The van der Waals surface area contributed by atoms with Crippen molar-refractivity contribution in [2.75, 3.05) is 26.2 Å². The molecule has 3 saturated heterocycles. The van der Waals surface area contributed by atoms with Crippen LogP contribution in [0.1, 0.15) is 79.7 Å². The quantitative estimate of drug-likeness (QED) is 0.295. The molecule has 3 heterocycles. The highest BCUT2D eigenvalue weighted by molar-refractivity contribution is 5.99. The van der Waals surface area contributed by atoms with Crippen LogP contribution in [0.5, 0.6) is 0 Å². The van der Waals surface area contributed by atoms with E-state index in [4.69, 9.17) is 4.74 Å². The van der Waals surface area contributed by atoms with Crippen molar-refractivity contribution in [3.63, 3.8) is 0 Å². The Morgan fingerprint density at radius 3 is 2.29 bits per heavy atom. The Morgan fingerprint density at radius 1 is 1.09 bits per heavy atom. The van der Waals surface area contributed by atoms with Crippen LogP contribution in [0.2, 0.25) is 0 Å². The molecule has 8 nitrogen and oxygen atoms in total. The van der Waals surface area contributed by atoms with Gasteiger partial charge in [-0.1, -0.05) is 70.2 Å². The standard InChI is InChI=1S/C37H55N3O5/c1-10-20-38(21-11-2)31(42)28-29-32(43)40(27(24-41)23-26-16-14-13-15-17-26)30(37(29)19-18-36(28,9)45-37)33(44)39(22-12-3)35(7,8)25-34(4,5)6/h10,12-17,27-30,41H,1,3,11,18-25H2,2,4-9H3/t27-,28+,29+,30?,36-,37?/m1/s1. The van der Waals surface area contributed by atoms with Crippen molar-refractivity contribution >= 4 is 17.7 Å². The molecule has 0 aliphatic carbocycles. The van der Waals surface area contributed by atoms with E-state index in [1.54, 1.807) is 22.0 Å². The molecule has 2 unspecified atom stereocenters. The summed E-state index contributed by atoms with van der Waals surface area (Å²) in [5.74, 6) is -2.21. The number of aliphatic hydroxyl groups excluding tert-OH is 1. The summed E-state index contributed by atoms with van der Waals surface area (Å²) in [6.07, 6.45) is 6.34. The van der Waals surface area contributed by atoms with Gasteiger partial charge >= 0.3 is 0 Å². The van der Waals surface area contributed by atoms with Gasteiger partial charge in [-0.25, -0.2) is 0 Å². The summed E-state index contributed by atoms with van der Waals surface area (Å²) in [5, 5.41) is 10.8.